The summed E-state index contributed by atoms with van der Waals surface area (Å²) in [6, 6.07) is 13.7. The molecule has 2 aromatic rings. The van der Waals surface area contributed by atoms with Gasteiger partial charge < -0.3 is 19.5 Å². The summed E-state index contributed by atoms with van der Waals surface area (Å²) in [6.07, 6.45) is -0.249. The van der Waals surface area contributed by atoms with Gasteiger partial charge in [0.1, 0.15) is 11.5 Å². The van der Waals surface area contributed by atoms with Gasteiger partial charge in [0.15, 0.2) is 6.10 Å². The number of hydrogen-bond donors (Lipinski definition) is 1. The zero-order chi connectivity index (χ0) is 18.2. The van der Waals surface area contributed by atoms with E-state index in [2.05, 4.69) is 5.32 Å². The molecular formula is C19H21NO5. The van der Waals surface area contributed by atoms with Crippen molar-refractivity contribution in [3.8, 4) is 11.5 Å². The molecule has 6 nitrogen and oxygen atoms in total. The predicted octanol–water partition coefficient (Wildman–Crippen LogP) is 3.28. The van der Waals surface area contributed by atoms with E-state index in [4.69, 9.17) is 14.2 Å². The summed E-state index contributed by atoms with van der Waals surface area (Å²) in [6.45, 7) is 1.84. The maximum absolute atomic E-state index is 12.5. The summed E-state index contributed by atoms with van der Waals surface area (Å²) in [7, 11) is 2.86. The van der Waals surface area contributed by atoms with Crippen molar-refractivity contribution < 1.29 is 23.8 Å². The van der Waals surface area contributed by atoms with Gasteiger partial charge in [-0.3, -0.25) is 4.79 Å². The zero-order valence-electron chi connectivity index (χ0n) is 14.4. The normalized spacial score (nSPS) is 11.3. The summed E-state index contributed by atoms with van der Waals surface area (Å²) < 4.78 is 15.6. The highest BCUT2D eigenvalue weighted by atomic mass is 16.5. The van der Waals surface area contributed by atoms with Crippen molar-refractivity contribution in [3.63, 3.8) is 0 Å². The highest BCUT2D eigenvalue weighted by Crippen LogP contribution is 2.22. The molecule has 0 bridgehead atoms. The molecule has 1 unspecified atom stereocenters. The Morgan fingerprint density at radius 3 is 2.44 bits per heavy atom. The molecule has 0 spiro atoms. The number of nitrogens with one attached hydrogen (secondary N) is 1. The van der Waals surface area contributed by atoms with Crippen LogP contribution in [0.2, 0.25) is 0 Å². The number of methoxy groups -OCH3 is 2. The van der Waals surface area contributed by atoms with Gasteiger partial charge in [0, 0.05) is 6.07 Å². The van der Waals surface area contributed by atoms with Crippen LogP contribution in [0.3, 0.4) is 0 Å². The van der Waals surface area contributed by atoms with E-state index in [-0.39, 0.29) is 11.5 Å². The average Bonchev–Trinajstić information content (AvgIpc) is 2.65. The van der Waals surface area contributed by atoms with Crippen molar-refractivity contribution in [1.29, 1.82) is 0 Å². The third-order valence-electron chi connectivity index (χ3n) is 3.57. The first-order valence-corrected chi connectivity index (χ1v) is 7.88. The number of hydrogen-bond acceptors (Lipinski definition) is 5. The van der Waals surface area contributed by atoms with E-state index in [0.29, 0.717) is 23.6 Å². The molecule has 25 heavy (non-hydrogen) atoms. The van der Waals surface area contributed by atoms with E-state index < -0.39 is 12.1 Å². The molecule has 0 radical (unpaired) electrons. The second-order valence-electron chi connectivity index (χ2n) is 5.22. The fraction of sp³-hybridized carbons (Fsp3) is 0.263. The Labute approximate surface area is 146 Å². The van der Waals surface area contributed by atoms with Crippen molar-refractivity contribution in [1.82, 2.24) is 0 Å². The Balaban J connectivity index is 2.14. The number of amides is 1. The van der Waals surface area contributed by atoms with Gasteiger partial charge in [-0.2, -0.15) is 0 Å². The Bertz CT molecular complexity index is 744. The number of esters is 1. The second kappa shape index (κ2) is 8.73. The first kappa shape index (κ1) is 18.3. The number of ether oxygens (including phenoxy) is 3. The highest BCUT2D eigenvalue weighted by molar-refractivity contribution is 6.02. The summed E-state index contributed by atoms with van der Waals surface area (Å²) in [5, 5.41) is 2.73. The molecule has 0 aliphatic heterocycles. The minimum atomic E-state index is -0.710. The van der Waals surface area contributed by atoms with Crippen molar-refractivity contribution >= 4 is 17.6 Å². The number of para-hydroxylation sites is 1. The van der Waals surface area contributed by atoms with E-state index in [1.54, 1.807) is 55.6 Å². The lowest BCUT2D eigenvalue weighted by Gasteiger charge is -2.18. The average molecular weight is 343 g/mol. The largest absolute Gasteiger partial charge is 0.497 e. The van der Waals surface area contributed by atoms with Crippen LogP contribution in [0.1, 0.15) is 23.7 Å². The van der Waals surface area contributed by atoms with E-state index in [0.717, 1.165) is 0 Å². The van der Waals surface area contributed by atoms with Crippen molar-refractivity contribution in [2.24, 2.45) is 0 Å². The van der Waals surface area contributed by atoms with E-state index in [1.807, 2.05) is 6.92 Å². The molecule has 1 N–H and O–H groups in total. The molecule has 0 aromatic heterocycles. The Morgan fingerprint density at radius 1 is 1.04 bits per heavy atom. The monoisotopic (exact) mass is 343 g/mol. The van der Waals surface area contributed by atoms with Gasteiger partial charge in [-0.1, -0.05) is 25.1 Å². The molecule has 0 heterocycles. The number of benzene rings is 2. The van der Waals surface area contributed by atoms with Gasteiger partial charge in [0.25, 0.3) is 5.91 Å². The Kier molecular flexibility index (Phi) is 6.39. The highest BCUT2D eigenvalue weighted by Gasteiger charge is 2.21. The molecule has 0 saturated carbocycles. The quantitative estimate of drug-likeness (QED) is 0.781. The molecule has 0 fully saturated rings. The maximum atomic E-state index is 12.5. The van der Waals surface area contributed by atoms with E-state index in [1.165, 1.54) is 7.11 Å². The topological polar surface area (TPSA) is 73.9 Å². The lowest BCUT2D eigenvalue weighted by atomic mass is 10.1. The summed E-state index contributed by atoms with van der Waals surface area (Å²) in [5.74, 6) is 0.311. The van der Waals surface area contributed by atoms with Crippen LogP contribution < -0.4 is 14.8 Å². The van der Waals surface area contributed by atoms with Crippen LogP contribution in [0, 0.1) is 0 Å². The second-order valence-corrected chi connectivity index (χ2v) is 5.22. The minimum absolute atomic E-state index is 0.287. The van der Waals surface area contributed by atoms with Gasteiger partial charge in [-0.25, -0.2) is 4.79 Å². The summed E-state index contributed by atoms with van der Waals surface area (Å²) in [5.41, 5.74) is 0.668. The lowest BCUT2D eigenvalue weighted by molar-refractivity contribution is -0.122. The van der Waals surface area contributed by atoms with Crippen LogP contribution in [0.5, 0.6) is 11.5 Å². The Morgan fingerprint density at radius 2 is 1.76 bits per heavy atom. The van der Waals surface area contributed by atoms with E-state index >= 15 is 0 Å². The van der Waals surface area contributed by atoms with Gasteiger partial charge in [-0.05, 0) is 30.7 Å². The first-order chi connectivity index (χ1) is 12.1. The summed E-state index contributed by atoms with van der Waals surface area (Å²) >= 11 is 0. The van der Waals surface area contributed by atoms with Crippen LogP contribution in [-0.4, -0.2) is 32.2 Å². The van der Waals surface area contributed by atoms with Gasteiger partial charge in [-0.15, -0.1) is 0 Å². The minimum Gasteiger partial charge on any atom is -0.497 e. The lowest BCUT2D eigenvalue weighted by Crippen LogP contribution is -2.33. The predicted molar refractivity (Wildman–Crippen MR) is 94.1 cm³/mol. The SMILES string of the molecule is CCC(Oc1cccc(OC)c1)C(=O)Nc1ccccc1C(=O)OC. The summed E-state index contributed by atoms with van der Waals surface area (Å²) in [4.78, 5) is 24.3. The van der Waals surface area contributed by atoms with Crippen LogP contribution in [-0.2, 0) is 9.53 Å². The number of rotatable bonds is 7. The van der Waals surface area contributed by atoms with Gasteiger partial charge in [0.2, 0.25) is 0 Å². The fourth-order valence-electron chi connectivity index (χ4n) is 2.25. The first-order valence-electron chi connectivity index (χ1n) is 7.88. The van der Waals surface area contributed by atoms with Crippen LogP contribution >= 0.6 is 0 Å². The molecule has 6 heteroatoms. The van der Waals surface area contributed by atoms with Gasteiger partial charge >= 0.3 is 5.97 Å². The number of anilines is 1. The van der Waals surface area contributed by atoms with E-state index in [9.17, 15) is 9.59 Å². The third kappa shape index (κ3) is 4.73. The zero-order valence-corrected chi connectivity index (χ0v) is 14.4. The fourth-order valence-corrected chi connectivity index (χ4v) is 2.25. The molecule has 0 aliphatic carbocycles. The smallest absolute Gasteiger partial charge is 0.339 e. The van der Waals surface area contributed by atoms with Crippen LogP contribution in [0.25, 0.3) is 0 Å². The van der Waals surface area contributed by atoms with Crippen LogP contribution in [0.15, 0.2) is 48.5 Å². The van der Waals surface area contributed by atoms with Gasteiger partial charge in [0.05, 0.1) is 25.5 Å². The molecular weight excluding hydrogens is 322 g/mol. The Hall–Kier alpha value is -3.02. The standard InChI is InChI=1S/C19H21NO5/c1-4-17(25-14-9-7-8-13(12-14)23-2)18(21)20-16-11-6-5-10-15(16)19(22)24-3/h5-12,17H,4H2,1-3H3,(H,20,21). The molecule has 2 aromatic carbocycles. The molecule has 1 atom stereocenters. The third-order valence-corrected chi connectivity index (χ3v) is 3.57. The van der Waals surface area contributed by atoms with Crippen molar-refractivity contribution in [2.75, 3.05) is 19.5 Å². The molecule has 1 amide bonds. The molecule has 132 valence electrons. The molecule has 0 saturated heterocycles. The van der Waals surface area contributed by atoms with Crippen molar-refractivity contribution in [2.45, 2.75) is 19.4 Å². The van der Waals surface area contributed by atoms with Crippen molar-refractivity contribution in [3.05, 3.63) is 54.1 Å². The number of carbonyl (C=O) groups is 2. The molecule has 0 aliphatic rings. The maximum Gasteiger partial charge on any atom is 0.339 e. The number of carbonyl (C=O) groups excluding carboxylic acids is 2. The van der Waals surface area contributed by atoms with Crippen LogP contribution in [0.4, 0.5) is 5.69 Å². The molecule has 2 rings (SSSR count).